The molecule has 0 aliphatic heterocycles. The van der Waals surface area contributed by atoms with E-state index in [1.165, 1.54) is 0 Å². The zero-order valence-electron chi connectivity index (χ0n) is 9.59. The lowest BCUT2D eigenvalue weighted by Gasteiger charge is -2.29. The Balaban J connectivity index is 4.04. The van der Waals surface area contributed by atoms with Gasteiger partial charge in [-0.1, -0.05) is 13.8 Å². The maximum Gasteiger partial charge on any atom is 0.405 e. The van der Waals surface area contributed by atoms with Crippen LogP contribution in [0.3, 0.4) is 0 Å². The SMILES string of the molecule is CC(C)(CN)CCC(C)(C)OC(N)=O. The number of hydrogen-bond acceptors (Lipinski definition) is 3. The van der Waals surface area contributed by atoms with Crippen molar-refractivity contribution >= 4 is 6.09 Å². The van der Waals surface area contributed by atoms with Crippen molar-refractivity contribution in [1.82, 2.24) is 0 Å². The minimum atomic E-state index is -0.722. The van der Waals surface area contributed by atoms with E-state index in [0.29, 0.717) is 6.54 Å². The van der Waals surface area contributed by atoms with Gasteiger partial charge in [-0.15, -0.1) is 0 Å². The number of primary amides is 1. The van der Waals surface area contributed by atoms with Crippen molar-refractivity contribution in [2.45, 2.75) is 46.1 Å². The molecule has 0 spiro atoms. The average molecular weight is 202 g/mol. The lowest BCUT2D eigenvalue weighted by Crippen LogP contribution is -2.34. The quantitative estimate of drug-likeness (QED) is 0.711. The number of carbonyl (C=O) groups is 1. The molecule has 4 nitrogen and oxygen atoms in total. The molecule has 0 bridgehead atoms. The summed E-state index contributed by atoms with van der Waals surface area (Å²) in [4.78, 5) is 10.6. The average Bonchev–Trinajstić information content (AvgIpc) is 1.99. The lowest BCUT2D eigenvalue weighted by molar-refractivity contribution is 0.0302. The first kappa shape index (κ1) is 13.2. The molecular formula is C10H22N2O2. The first-order valence-electron chi connectivity index (χ1n) is 4.87. The van der Waals surface area contributed by atoms with Crippen LogP contribution in [0.25, 0.3) is 0 Å². The molecule has 0 aliphatic carbocycles. The van der Waals surface area contributed by atoms with Crippen molar-refractivity contribution in [3.63, 3.8) is 0 Å². The van der Waals surface area contributed by atoms with Crippen LogP contribution in [0.4, 0.5) is 4.79 Å². The van der Waals surface area contributed by atoms with Crippen LogP contribution in [-0.2, 0) is 4.74 Å². The van der Waals surface area contributed by atoms with Gasteiger partial charge in [-0.2, -0.15) is 0 Å². The van der Waals surface area contributed by atoms with Crippen molar-refractivity contribution in [3.8, 4) is 0 Å². The summed E-state index contributed by atoms with van der Waals surface area (Å²) in [6.07, 6.45) is 0.949. The van der Waals surface area contributed by atoms with E-state index in [1.54, 1.807) is 0 Å². The summed E-state index contributed by atoms with van der Waals surface area (Å²) >= 11 is 0. The van der Waals surface area contributed by atoms with Crippen LogP contribution in [0.15, 0.2) is 0 Å². The van der Waals surface area contributed by atoms with Gasteiger partial charge in [-0.3, -0.25) is 0 Å². The van der Waals surface area contributed by atoms with Gasteiger partial charge < -0.3 is 16.2 Å². The molecule has 0 radical (unpaired) electrons. The molecule has 4 N–H and O–H groups in total. The van der Waals surface area contributed by atoms with E-state index >= 15 is 0 Å². The van der Waals surface area contributed by atoms with Gasteiger partial charge in [-0.25, -0.2) is 4.79 Å². The van der Waals surface area contributed by atoms with E-state index in [2.05, 4.69) is 13.8 Å². The molecule has 0 heterocycles. The standard InChI is InChI=1S/C10H22N2O2/c1-9(2,7-11)5-6-10(3,4)14-8(12)13/h5-7,11H2,1-4H3,(H2,12,13). The summed E-state index contributed by atoms with van der Waals surface area (Å²) in [7, 11) is 0. The highest BCUT2D eigenvalue weighted by atomic mass is 16.6. The Kier molecular flexibility index (Phi) is 4.39. The molecule has 0 aliphatic rings. The van der Waals surface area contributed by atoms with Crippen LogP contribution in [-0.4, -0.2) is 18.2 Å². The predicted octanol–water partition coefficient (Wildman–Crippen LogP) is 1.63. The Morgan fingerprint density at radius 2 is 1.71 bits per heavy atom. The topological polar surface area (TPSA) is 78.3 Å². The number of carbonyl (C=O) groups excluding carboxylic acids is 1. The van der Waals surface area contributed by atoms with E-state index in [1.807, 2.05) is 13.8 Å². The smallest absolute Gasteiger partial charge is 0.405 e. The number of amides is 1. The van der Waals surface area contributed by atoms with E-state index in [0.717, 1.165) is 12.8 Å². The third kappa shape index (κ3) is 5.80. The molecular weight excluding hydrogens is 180 g/mol. The molecule has 0 atom stereocenters. The molecule has 0 rings (SSSR count). The zero-order valence-corrected chi connectivity index (χ0v) is 9.59. The highest BCUT2D eigenvalue weighted by Gasteiger charge is 2.25. The Morgan fingerprint density at radius 1 is 1.21 bits per heavy atom. The van der Waals surface area contributed by atoms with Gasteiger partial charge >= 0.3 is 6.09 Å². The molecule has 84 valence electrons. The molecule has 0 aromatic rings. The highest BCUT2D eigenvalue weighted by molar-refractivity contribution is 5.65. The lowest BCUT2D eigenvalue weighted by atomic mass is 9.84. The van der Waals surface area contributed by atoms with Gasteiger partial charge in [-0.05, 0) is 38.6 Å². The van der Waals surface area contributed by atoms with Gasteiger partial charge in [0.05, 0.1) is 0 Å². The fourth-order valence-corrected chi connectivity index (χ4v) is 1.06. The summed E-state index contributed by atoms with van der Waals surface area (Å²) in [6.45, 7) is 8.51. The van der Waals surface area contributed by atoms with E-state index in [-0.39, 0.29) is 5.41 Å². The van der Waals surface area contributed by atoms with Gasteiger partial charge in [0.15, 0.2) is 0 Å². The molecule has 0 unspecified atom stereocenters. The molecule has 0 aromatic heterocycles. The molecule has 4 heteroatoms. The van der Waals surface area contributed by atoms with Crippen molar-refractivity contribution in [1.29, 1.82) is 0 Å². The molecule has 0 saturated heterocycles. The van der Waals surface area contributed by atoms with Crippen molar-refractivity contribution in [2.24, 2.45) is 16.9 Å². The molecule has 14 heavy (non-hydrogen) atoms. The first-order chi connectivity index (χ1) is 6.18. The largest absolute Gasteiger partial charge is 0.444 e. The monoisotopic (exact) mass is 202 g/mol. The summed E-state index contributed by atoms with van der Waals surface area (Å²) < 4.78 is 4.98. The van der Waals surface area contributed by atoms with Gasteiger partial charge in [0.2, 0.25) is 0 Å². The van der Waals surface area contributed by atoms with Gasteiger partial charge in [0, 0.05) is 0 Å². The third-order valence-corrected chi connectivity index (χ3v) is 2.33. The van der Waals surface area contributed by atoms with Gasteiger partial charge in [0.1, 0.15) is 5.60 Å². The molecule has 0 aromatic carbocycles. The van der Waals surface area contributed by atoms with Crippen LogP contribution in [0, 0.1) is 5.41 Å². The zero-order chi connectivity index (χ0) is 11.4. The maximum absolute atomic E-state index is 10.6. The Labute approximate surface area is 86.0 Å². The third-order valence-electron chi connectivity index (χ3n) is 2.33. The second-order valence-electron chi connectivity index (χ2n) is 5.05. The van der Waals surface area contributed by atoms with Crippen LogP contribution < -0.4 is 11.5 Å². The van der Waals surface area contributed by atoms with Crippen LogP contribution in [0.2, 0.25) is 0 Å². The summed E-state index contributed by atoms with van der Waals surface area (Å²) in [5, 5.41) is 0. The van der Waals surface area contributed by atoms with E-state index in [9.17, 15) is 4.79 Å². The second-order valence-corrected chi connectivity index (χ2v) is 5.05. The predicted molar refractivity (Wildman–Crippen MR) is 56.8 cm³/mol. The normalized spacial score (nSPS) is 12.6. The molecule has 1 amide bonds. The minimum absolute atomic E-state index is 0.0816. The van der Waals surface area contributed by atoms with Crippen LogP contribution in [0.5, 0.6) is 0 Å². The summed E-state index contributed by atoms with van der Waals surface area (Å²) in [5.41, 5.74) is 10.1. The minimum Gasteiger partial charge on any atom is -0.444 e. The fraction of sp³-hybridized carbons (Fsp3) is 0.900. The Morgan fingerprint density at radius 3 is 2.07 bits per heavy atom. The van der Waals surface area contributed by atoms with Crippen molar-refractivity contribution in [3.05, 3.63) is 0 Å². The highest BCUT2D eigenvalue weighted by Crippen LogP contribution is 2.26. The van der Waals surface area contributed by atoms with Crippen molar-refractivity contribution < 1.29 is 9.53 Å². The first-order valence-corrected chi connectivity index (χ1v) is 4.87. The molecule has 0 fully saturated rings. The van der Waals surface area contributed by atoms with Crippen LogP contribution >= 0.6 is 0 Å². The maximum atomic E-state index is 10.6. The summed E-state index contributed by atoms with van der Waals surface area (Å²) in [5.74, 6) is 0. The fourth-order valence-electron chi connectivity index (χ4n) is 1.06. The number of rotatable bonds is 5. The Hall–Kier alpha value is -0.770. The van der Waals surface area contributed by atoms with Crippen molar-refractivity contribution in [2.75, 3.05) is 6.54 Å². The Bertz CT molecular complexity index is 200. The number of hydrogen-bond donors (Lipinski definition) is 2. The number of nitrogens with two attached hydrogens (primary N) is 2. The van der Waals surface area contributed by atoms with Crippen LogP contribution in [0.1, 0.15) is 40.5 Å². The van der Waals surface area contributed by atoms with Gasteiger partial charge in [0.25, 0.3) is 0 Å². The van der Waals surface area contributed by atoms with E-state index < -0.39 is 11.7 Å². The van der Waals surface area contributed by atoms with E-state index in [4.69, 9.17) is 16.2 Å². The second kappa shape index (κ2) is 4.64. The number of ether oxygens (including phenoxy) is 1. The molecule has 0 saturated carbocycles. The summed E-state index contributed by atoms with van der Waals surface area (Å²) in [6, 6.07) is 0.